The molecule has 0 unspecified atom stereocenters. The van der Waals surface area contributed by atoms with E-state index in [1.807, 2.05) is 57.2 Å². The molecule has 0 spiro atoms. The van der Waals surface area contributed by atoms with Crippen molar-refractivity contribution in [1.82, 2.24) is 14.4 Å². The molecule has 1 radical (unpaired) electrons. The molecule has 0 aliphatic heterocycles. The van der Waals surface area contributed by atoms with Crippen molar-refractivity contribution in [1.29, 1.82) is 0 Å². The van der Waals surface area contributed by atoms with Crippen LogP contribution in [0.5, 0.6) is 0 Å². The van der Waals surface area contributed by atoms with Crippen LogP contribution < -0.4 is 0 Å². The Morgan fingerprint density at radius 2 is 1.37 bits per heavy atom. The summed E-state index contributed by atoms with van der Waals surface area (Å²) in [5.41, 5.74) is 5.89. The van der Waals surface area contributed by atoms with Gasteiger partial charge in [-0.2, -0.15) is 0 Å². The molecule has 0 aliphatic carbocycles. The number of pyridine rings is 2. The van der Waals surface area contributed by atoms with Crippen molar-refractivity contribution in [2.24, 2.45) is 10.8 Å². The Kier molecular flexibility index (Phi) is 7.30. The molecule has 0 saturated heterocycles. The molecule has 0 atom stereocenters. The number of aryl methyl sites for hydroxylation is 1. The van der Waals surface area contributed by atoms with Gasteiger partial charge in [0.15, 0.2) is 0 Å². The topological polar surface area (TPSA) is 30.2 Å². The number of rotatable bonds is 4. The molecule has 0 fully saturated rings. The first-order valence-electron chi connectivity index (χ1n) is 19.8. The van der Waals surface area contributed by atoms with Crippen LogP contribution in [0.3, 0.4) is 0 Å². The Labute approximate surface area is 314 Å². The van der Waals surface area contributed by atoms with Crippen molar-refractivity contribution in [3.8, 4) is 22.5 Å². The second-order valence-corrected chi connectivity index (χ2v) is 14.2. The summed E-state index contributed by atoms with van der Waals surface area (Å²) in [4.78, 5) is 8.93. The van der Waals surface area contributed by atoms with Crippen LogP contribution in [-0.4, -0.2) is 14.4 Å². The first-order valence-corrected chi connectivity index (χ1v) is 16.3. The minimum atomic E-state index is -2.42. The van der Waals surface area contributed by atoms with Crippen LogP contribution in [0.1, 0.15) is 67.8 Å². The summed E-state index contributed by atoms with van der Waals surface area (Å²) >= 11 is 0. The molecule has 0 amide bonds. The van der Waals surface area contributed by atoms with Crippen molar-refractivity contribution in [3.63, 3.8) is 0 Å². The summed E-state index contributed by atoms with van der Waals surface area (Å²) in [5.74, 6) is 0. The van der Waals surface area contributed by atoms with Crippen molar-refractivity contribution in [3.05, 3.63) is 138 Å². The van der Waals surface area contributed by atoms with E-state index in [-0.39, 0.29) is 31.2 Å². The van der Waals surface area contributed by atoms with E-state index in [4.69, 9.17) is 14.6 Å². The molecule has 0 saturated carbocycles. The quantitative estimate of drug-likeness (QED) is 0.166. The average Bonchev–Trinajstić information content (AvgIpc) is 3.67. The molecule has 4 aromatic carbocycles. The zero-order chi connectivity index (χ0) is 39.7. The number of nitrogens with zero attached hydrogens (tertiary/aromatic N) is 3. The molecule has 0 bridgehead atoms. The van der Waals surface area contributed by atoms with Gasteiger partial charge in [0.05, 0.1) is 5.52 Å². The first kappa shape index (κ1) is 26.5. The number of hydrogen-bond acceptors (Lipinski definition) is 2. The Bertz CT molecular complexity index is 2650. The number of para-hydroxylation sites is 2. The van der Waals surface area contributed by atoms with Gasteiger partial charge in [0.2, 0.25) is 0 Å². The van der Waals surface area contributed by atoms with E-state index in [2.05, 4.69) is 70.0 Å². The fourth-order valence-electron chi connectivity index (χ4n) is 6.31. The summed E-state index contributed by atoms with van der Waals surface area (Å²) in [6, 6.07) is 38.1. The predicted octanol–water partition coefficient (Wildman–Crippen LogP) is 11.7. The van der Waals surface area contributed by atoms with E-state index >= 15 is 0 Å². The van der Waals surface area contributed by atoms with E-state index in [0.29, 0.717) is 16.8 Å². The van der Waals surface area contributed by atoms with Crippen LogP contribution in [0.2, 0.25) is 0 Å². The second kappa shape index (κ2) is 13.5. The van der Waals surface area contributed by atoms with E-state index in [9.17, 15) is 0 Å². The maximum atomic E-state index is 8.56. The van der Waals surface area contributed by atoms with Gasteiger partial charge in [-0.05, 0) is 69.9 Å². The monoisotopic (exact) mass is 825 g/mol. The average molecular weight is 825 g/mol. The van der Waals surface area contributed by atoms with Crippen LogP contribution in [0.25, 0.3) is 60.6 Å². The van der Waals surface area contributed by atoms with Gasteiger partial charge in [-0.25, -0.2) is 0 Å². The third-order valence-electron chi connectivity index (χ3n) is 8.12. The Hall–Kier alpha value is -4.37. The first-order chi connectivity index (χ1) is 25.7. The van der Waals surface area contributed by atoms with Crippen LogP contribution in [0, 0.1) is 29.8 Å². The minimum absolute atomic E-state index is 0. The summed E-state index contributed by atoms with van der Waals surface area (Å²) in [5, 5.41) is 4.90. The maximum absolute atomic E-state index is 8.56. The molecule has 3 nitrogen and oxygen atoms in total. The van der Waals surface area contributed by atoms with E-state index < -0.39 is 30.4 Å². The zero-order valence-corrected chi connectivity index (χ0v) is 31.0. The molecule has 0 N–H and O–H groups in total. The molecular weight excluding hydrogens is 775 g/mol. The van der Waals surface area contributed by atoms with Crippen molar-refractivity contribution in [2.45, 2.75) is 61.1 Å². The Balaban J connectivity index is 0.000000198. The van der Waals surface area contributed by atoms with Gasteiger partial charge in [0.25, 0.3) is 0 Å². The number of benzene rings is 4. The second-order valence-electron chi connectivity index (χ2n) is 14.2. The summed E-state index contributed by atoms with van der Waals surface area (Å²) < 4.78 is 59.5. The molecule has 0 aliphatic rings. The van der Waals surface area contributed by atoms with Crippen molar-refractivity contribution < 1.29 is 29.7 Å². The Morgan fingerprint density at radius 3 is 2.06 bits per heavy atom. The normalized spacial score (nSPS) is 14.9. The van der Waals surface area contributed by atoms with Gasteiger partial charge in [-0.1, -0.05) is 107 Å². The largest absolute Gasteiger partial charge is 0.350 e. The SMILES string of the molecule is [2H]C([2H])([2H])c1cnc(-c2[c-]cccc2)cc1C([2H])([2H])C(C)(C)C.[2H]C([2H])(c1ccc(-c2[c-]ccc3c4cccc5c6ccccc6n(c23)c54)nc1)C(C)(C)C.[Ir]. The zero-order valence-electron chi connectivity index (χ0n) is 35.6. The maximum Gasteiger partial charge on any atom is 0.0516 e. The smallest absolute Gasteiger partial charge is 0.0516 e. The number of aromatic nitrogens is 3. The van der Waals surface area contributed by atoms with Gasteiger partial charge in [-0.3, -0.25) is 0 Å². The number of hydrogen-bond donors (Lipinski definition) is 0. The Morgan fingerprint density at radius 1 is 0.673 bits per heavy atom. The summed E-state index contributed by atoms with van der Waals surface area (Å²) in [7, 11) is 0. The van der Waals surface area contributed by atoms with Crippen LogP contribution in [0.15, 0.2) is 109 Å². The summed E-state index contributed by atoms with van der Waals surface area (Å²) in [6.07, 6.45) is -0.343. The predicted molar refractivity (Wildman–Crippen MR) is 203 cm³/mol. The third kappa shape index (κ3) is 7.04. The minimum Gasteiger partial charge on any atom is -0.350 e. The molecule has 4 heterocycles. The molecule has 249 valence electrons. The third-order valence-corrected chi connectivity index (χ3v) is 8.12. The van der Waals surface area contributed by atoms with Gasteiger partial charge < -0.3 is 14.4 Å². The molecule has 4 heteroatoms. The van der Waals surface area contributed by atoms with Gasteiger partial charge in [-0.15, -0.1) is 59.7 Å². The van der Waals surface area contributed by atoms with Crippen LogP contribution in [0.4, 0.5) is 0 Å². The number of fused-ring (bicyclic) bond motifs is 6. The van der Waals surface area contributed by atoms with E-state index in [1.165, 1.54) is 38.8 Å². The van der Waals surface area contributed by atoms with Gasteiger partial charge >= 0.3 is 0 Å². The molecule has 49 heavy (non-hydrogen) atoms. The molecule has 4 aromatic heterocycles. The van der Waals surface area contributed by atoms with Crippen LogP contribution in [-0.2, 0) is 32.9 Å². The molecule has 8 aromatic rings. The van der Waals surface area contributed by atoms with E-state index in [1.54, 1.807) is 39.1 Å². The summed E-state index contributed by atoms with van der Waals surface area (Å²) in [6.45, 7) is 8.59. The van der Waals surface area contributed by atoms with Crippen molar-refractivity contribution >= 4 is 38.1 Å². The molecular formula is C45H43IrN3-2. The molecule has 8 rings (SSSR count). The van der Waals surface area contributed by atoms with Gasteiger partial charge in [0, 0.05) is 58.4 Å². The van der Waals surface area contributed by atoms with Gasteiger partial charge in [0.1, 0.15) is 0 Å². The fourth-order valence-corrected chi connectivity index (χ4v) is 6.31. The van der Waals surface area contributed by atoms with E-state index in [0.717, 1.165) is 16.8 Å². The standard InChI is InChI=1S/C28H23N2.C17H20N.Ir/c1-28(2,3)16-18-14-15-24(29-17-18)23-12-7-11-22-21-10-6-9-20-19-8-4-5-13-25(19)30(26(20)21)27(22)23;1-13-12-18-16(14-8-6-5-7-9-14)10-15(13)11-17(2,3)4;/h4-11,13-15,17H,16H2,1-3H3;5-8,10,12H,11H2,1-4H3;/q2*-1;/i16D2;1D3,11D2;. The van der Waals surface area contributed by atoms with Crippen LogP contribution >= 0.6 is 0 Å². The van der Waals surface area contributed by atoms with Crippen molar-refractivity contribution in [2.75, 3.05) is 0 Å². The fraction of sp³-hybridized carbons (Fsp3) is 0.244.